The quantitative estimate of drug-likeness (QED) is 0.831. The lowest BCUT2D eigenvalue weighted by Crippen LogP contribution is -2.54. The van der Waals surface area contributed by atoms with E-state index in [9.17, 15) is 5.11 Å². The summed E-state index contributed by atoms with van der Waals surface area (Å²) in [5.41, 5.74) is 0.605. The van der Waals surface area contributed by atoms with Crippen molar-refractivity contribution in [1.82, 2.24) is 9.78 Å². The Morgan fingerprint density at radius 3 is 2.83 bits per heavy atom. The summed E-state index contributed by atoms with van der Waals surface area (Å²) in [5.74, 6) is 0. The van der Waals surface area contributed by atoms with Crippen molar-refractivity contribution in [3.05, 3.63) is 18.5 Å². The Labute approximate surface area is 140 Å². The van der Waals surface area contributed by atoms with Crippen LogP contribution in [0.5, 0.6) is 0 Å². The van der Waals surface area contributed by atoms with Crippen molar-refractivity contribution in [2.45, 2.75) is 77.4 Å². The average Bonchev–Trinajstić information content (AvgIpc) is 2.96. The fourth-order valence-electron chi connectivity index (χ4n) is 5.80. The van der Waals surface area contributed by atoms with Gasteiger partial charge in [0.1, 0.15) is 0 Å². The number of fused-ring (bicyclic) bond motifs is 2. The molecule has 0 aromatic carbocycles. The number of hydrogen-bond donors (Lipinski definition) is 1. The molecule has 1 aromatic heterocycles. The molecule has 0 aliphatic heterocycles. The molecule has 1 aromatic rings. The van der Waals surface area contributed by atoms with Gasteiger partial charge in [-0.15, -0.1) is 0 Å². The Morgan fingerprint density at radius 2 is 2.13 bits per heavy atom. The first kappa shape index (κ1) is 17.0. The number of aliphatic hydroxyl groups excluding tert-OH is 1. The average molecular weight is 320 g/mol. The molecule has 3 unspecified atom stereocenters. The number of aliphatic hydroxyl groups is 1. The summed E-state index contributed by atoms with van der Waals surface area (Å²) in [5, 5.41) is 13.7. The highest BCUT2D eigenvalue weighted by Gasteiger charge is 2.55. The van der Waals surface area contributed by atoms with E-state index in [0.29, 0.717) is 17.4 Å². The summed E-state index contributed by atoms with van der Waals surface area (Å²) >= 11 is 0. The van der Waals surface area contributed by atoms with Crippen molar-refractivity contribution in [2.24, 2.45) is 10.8 Å². The minimum absolute atomic E-state index is 0.0575. The van der Waals surface area contributed by atoms with E-state index in [1.54, 1.807) is 0 Å². The Hall–Kier alpha value is -0.870. The van der Waals surface area contributed by atoms with Crippen LogP contribution >= 0.6 is 0 Å². The molecule has 2 aliphatic carbocycles. The van der Waals surface area contributed by atoms with Gasteiger partial charge >= 0.3 is 0 Å². The third kappa shape index (κ3) is 3.63. The second-order valence-corrected chi connectivity index (χ2v) is 8.40. The molecule has 0 spiro atoms. The topological polar surface area (TPSA) is 47.3 Å². The monoisotopic (exact) mass is 320 g/mol. The van der Waals surface area contributed by atoms with Crippen LogP contribution in [0, 0.1) is 10.8 Å². The summed E-state index contributed by atoms with van der Waals surface area (Å²) in [6, 6.07) is 2.02. The molecule has 0 amide bonds. The van der Waals surface area contributed by atoms with Gasteiger partial charge in [-0.05, 0) is 55.4 Å². The highest BCUT2D eigenvalue weighted by atomic mass is 16.5. The van der Waals surface area contributed by atoms with Crippen LogP contribution in [0.3, 0.4) is 0 Å². The highest BCUT2D eigenvalue weighted by Crippen LogP contribution is 2.60. The minimum Gasteiger partial charge on any atom is -0.394 e. The van der Waals surface area contributed by atoms with Crippen LogP contribution in [-0.2, 0) is 11.3 Å². The second-order valence-electron chi connectivity index (χ2n) is 8.40. The van der Waals surface area contributed by atoms with Crippen molar-refractivity contribution < 1.29 is 9.84 Å². The number of aromatic nitrogens is 2. The smallest absolute Gasteiger partial charge is 0.0705 e. The first-order valence-corrected chi connectivity index (χ1v) is 9.25. The third-order valence-corrected chi connectivity index (χ3v) is 6.00. The molecule has 0 radical (unpaired) electrons. The van der Waals surface area contributed by atoms with Crippen molar-refractivity contribution >= 4 is 0 Å². The molecule has 2 aliphatic rings. The van der Waals surface area contributed by atoms with E-state index in [2.05, 4.69) is 29.8 Å². The fourth-order valence-corrected chi connectivity index (χ4v) is 5.80. The summed E-state index contributed by atoms with van der Waals surface area (Å²) in [7, 11) is 0. The second kappa shape index (κ2) is 6.56. The predicted molar refractivity (Wildman–Crippen MR) is 91.1 cm³/mol. The van der Waals surface area contributed by atoms with Crippen molar-refractivity contribution in [1.29, 1.82) is 0 Å². The maximum atomic E-state index is 9.28. The van der Waals surface area contributed by atoms with E-state index in [4.69, 9.17) is 4.74 Å². The summed E-state index contributed by atoms with van der Waals surface area (Å²) in [6.45, 7) is 6.29. The van der Waals surface area contributed by atoms with Gasteiger partial charge in [0, 0.05) is 18.9 Å². The minimum atomic E-state index is -0.0575. The maximum Gasteiger partial charge on any atom is 0.0705 e. The highest BCUT2D eigenvalue weighted by molar-refractivity contribution is 5.06. The zero-order valence-electron chi connectivity index (χ0n) is 14.8. The van der Waals surface area contributed by atoms with Gasteiger partial charge in [0.2, 0.25) is 0 Å². The van der Waals surface area contributed by atoms with Crippen LogP contribution in [-0.4, -0.2) is 33.7 Å². The molecule has 23 heavy (non-hydrogen) atoms. The van der Waals surface area contributed by atoms with Gasteiger partial charge in [0.05, 0.1) is 18.8 Å². The zero-order chi connectivity index (χ0) is 16.4. The van der Waals surface area contributed by atoms with Crippen molar-refractivity contribution in [2.75, 3.05) is 13.2 Å². The molecule has 1 N–H and O–H groups in total. The molecule has 130 valence electrons. The Morgan fingerprint density at radius 1 is 1.26 bits per heavy atom. The van der Waals surface area contributed by atoms with Crippen LogP contribution in [0.4, 0.5) is 0 Å². The number of nitrogens with zero attached hydrogens (tertiary/aromatic N) is 2. The number of hydrogen-bond acceptors (Lipinski definition) is 3. The van der Waals surface area contributed by atoms with Gasteiger partial charge in [-0.3, -0.25) is 4.68 Å². The van der Waals surface area contributed by atoms with Gasteiger partial charge in [-0.25, -0.2) is 0 Å². The van der Waals surface area contributed by atoms with Crippen LogP contribution in [0.1, 0.15) is 65.2 Å². The normalized spacial score (nSPS) is 37.0. The Kier molecular flexibility index (Phi) is 4.84. The molecule has 0 saturated heterocycles. The van der Waals surface area contributed by atoms with E-state index < -0.39 is 0 Å². The molecule has 1 heterocycles. The summed E-state index contributed by atoms with van der Waals surface area (Å²) < 4.78 is 8.44. The molecular formula is C19H32N2O2. The molecular weight excluding hydrogens is 288 g/mol. The third-order valence-electron chi connectivity index (χ3n) is 6.00. The van der Waals surface area contributed by atoms with Crippen LogP contribution in [0.25, 0.3) is 0 Å². The van der Waals surface area contributed by atoms with E-state index in [1.807, 2.05) is 12.3 Å². The van der Waals surface area contributed by atoms with E-state index in [-0.39, 0.29) is 12.2 Å². The van der Waals surface area contributed by atoms with Crippen molar-refractivity contribution in [3.63, 3.8) is 0 Å². The maximum absolute atomic E-state index is 9.28. The van der Waals surface area contributed by atoms with Gasteiger partial charge in [0.15, 0.2) is 0 Å². The number of ether oxygens (including phenoxy) is 1. The lowest BCUT2D eigenvalue weighted by atomic mass is 9.51. The predicted octanol–water partition coefficient (Wildman–Crippen LogP) is 3.79. The summed E-state index contributed by atoms with van der Waals surface area (Å²) in [4.78, 5) is 0. The van der Waals surface area contributed by atoms with Crippen molar-refractivity contribution in [3.8, 4) is 0 Å². The fraction of sp³-hybridized carbons (Fsp3) is 0.842. The first-order chi connectivity index (χ1) is 11.0. The van der Waals surface area contributed by atoms with E-state index >= 15 is 0 Å². The molecule has 4 nitrogen and oxygen atoms in total. The lowest BCUT2D eigenvalue weighted by molar-refractivity contribution is -0.170. The Bertz CT molecular complexity index is 503. The summed E-state index contributed by atoms with van der Waals surface area (Å²) in [6.07, 6.45) is 13.7. The lowest BCUT2D eigenvalue weighted by Gasteiger charge is -2.58. The van der Waals surface area contributed by atoms with Gasteiger partial charge in [-0.2, -0.15) is 5.10 Å². The van der Waals surface area contributed by atoms with Gasteiger partial charge in [-0.1, -0.05) is 26.7 Å². The van der Waals surface area contributed by atoms with E-state index in [0.717, 1.165) is 32.2 Å². The molecule has 3 rings (SSSR count). The van der Waals surface area contributed by atoms with Gasteiger partial charge < -0.3 is 9.84 Å². The number of rotatable bonds is 7. The van der Waals surface area contributed by atoms with Crippen LogP contribution in [0.2, 0.25) is 0 Å². The zero-order valence-corrected chi connectivity index (χ0v) is 14.8. The SMILES string of the molecule is CCCC1(OCCO)CC2(C)CCCC(Cn3cccn3)(C2)C1. The first-order valence-electron chi connectivity index (χ1n) is 9.25. The Balaban J connectivity index is 1.88. The molecule has 3 atom stereocenters. The molecule has 2 bridgehead atoms. The van der Waals surface area contributed by atoms with Crippen LogP contribution in [0.15, 0.2) is 18.5 Å². The molecule has 2 saturated carbocycles. The van der Waals surface area contributed by atoms with Gasteiger partial charge in [0.25, 0.3) is 0 Å². The van der Waals surface area contributed by atoms with E-state index in [1.165, 1.54) is 25.7 Å². The largest absolute Gasteiger partial charge is 0.394 e. The van der Waals surface area contributed by atoms with Crippen LogP contribution < -0.4 is 0 Å². The molecule has 2 fully saturated rings. The standard InChI is InChI=1S/C19H32N2O2/c1-3-6-19(23-12-11-22)14-17(2)7-4-8-18(13-17,15-19)16-21-10-5-9-20-21/h5,9-10,22H,3-4,6-8,11-16H2,1-2H3. The molecule has 4 heteroatoms.